The maximum atomic E-state index is 6.09. The van der Waals surface area contributed by atoms with Crippen LogP contribution >= 0.6 is 11.6 Å². The average molecular weight is 353 g/mol. The number of halogens is 1. The molecule has 0 spiro atoms. The first-order chi connectivity index (χ1) is 12.1. The van der Waals surface area contributed by atoms with Gasteiger partial charge in [-0.25, -0.2) is 4.98 Å². The molecule has 1 aromatic carbocycles. The Labute approximate surface area is 152 Å². The Hall–Kier alpha value is -2.17. The summed E-state index contributed by atoms with van der Waals surface area (Å²) in [5.41, 5.74) is 6.06. The van der Waals surface area contributed by atoms with Crippen molar-refractivity contribution in [3.63, 3.8) is 0 Å². The average Bonchev–Trinajstić information content (AvgIpc) is 2.91. The van der Waals surface area contributed by atoms with E-state index in [1.807, 2.05) is 30.6 Å². The third-order valence-electron chi connectivity index (χ3n) is 4.98. The summed E-state index contributed by atoms with van der Waals surface area (Å²) in [4.78, 5) is 11.5. The number of pyridine rings is 1. The Morgan fingerprint density at radius 1 is 1.24 bits per heavy atom. The molecule has 0 fully saturated rings. The smallest absolute Gasteiger partial charge is 0.123 e. The number of hydrogen-bond acceptors (Lipinski definition) is 3. The van der Waals surface area contributed by atoms with Crippen LogP contribution in [0.25, 0.3) is 16.6 Å². The van der Waals surface area contributed by atoms with E-state index < -0.39 is 0 Å². The Balaban J connectivity index is 1.52. The molecule has 4 rings (SSSR count). The molecule has 3 aromatic rings. The first-order valence-electron chi connectivity index (χ1n) is 8.55. The van der Waals surface area contributed by atoms with Crippen molar-refractivity contribution in [1.82, 2.24) is 19.4 Å². The summed E-state index contributed by atoms with van der Waals surface area (Å²) in [7, 11) is 2.07. The number of imidazole rings is 1. The summed E-state index contributed by atoms with van der Waals surface area (Å²) in [5.74, 6) is 1.08. The fourth-order valence-electron chi connectivity index (χ4n) is 3.46. The van der Waals surface area contributed by atoms with Crippen molar-refractivity contribution in [2.45, 2.75) is 19.9 Å². The summed E-state index contributed by atoms with van der Waals surface area (Å²) in [6, 6.07) is 7.96. The molecule has 0 aliphatic carbocycles. The molecule has 0 N–H and O–H groups in total. The van der Waals surface area contributed by atoms with E-state index in [4.69, 9.17) is 16.6 Å². The van der Waals surface area contributed by atoms with Crippen LogP contribution in [0, 0.1) is 6.92 Å². The van der Waals surface area contributed by atoms with Gasteiger partial charge in [0.25, 0.3) is 0 Å². The van der Waals surface area contributed by atoms with Gasteiger partial charge >= 0.3 is 0 Å². The molecule has 0 amide bonds. The van der Waals surface area contributed by atoms with Gasteiger partial charge in [-0.05, 0) is 54.3 Å². The molecule has 0 saturated heterocycles. The number of aryl methyl sites for hydroxylation is 2. The number of hydrogen-bond donors (Lipinski definition) is 0. The van der Waals surface area contributed by atoms with Crippen molar-refractivity contribution in [2.24, 2.45) is 7.05 Å². The van der Waals surface area contributed by atoms with Crippen molar-refractivity contribution in [3.05, 3.63) is 64.7 Å². The van der Waals surface area contributed by atoms with E-state index in [9.17, 15) is 0 Å². The van der Waals surface area contributed by atoms with Gasteiger partial charge in [0.1, 0.15) is 5.82 Å². The fraction of sp³-hybridized carbons (Fsp3) is 0.300. The van der Waals surface area contributed by atoms with Crippen molar-refractivity contribution >= 4 is 28.2 Å². The predicted octanol–water partition coefficient (Wildman–Crippen LogP) is 4.22. The maximum absolute atomic E-state index is 6.09. The van der Waals surface area contributed by atoms with Crippen molar-refractivity contribution in [2.75, 3.05) is 13.1 Å². The number of rotatable bonds is 3. The van der Waals surface area contributed by atoms with Crippen LogP contribution in [0.5, 0.6) is 0 Å². The highest BCUT2D eigenvalue weighted by molar-refractivity contribution is 6.31. The zero-order valence-corrected chi connectivity index (χ0v) is 15.3. The lowest BCUT2D eigenvalue weighted by Crippen LogP contribution is -2.29. The standard InChI is InChI=1S/C20H21ClN4/c1-14-5-8-22-12-17(14)15-6-9-25(10-7-15)13-20-23-18-11-16(21)3-4-19(18)24(20)2/h3-6,8,11-12H,7,9-10,13H2,1-2H3. The number of aromatic nitrogens is 3. The quantitative estimate of drug-likeness (QED) is 0.707. The minimum absolute atomic E-state index is 0.731. The lowest BCUT2D eigenvalue weighted by molar-refractivity contribution is 0.284. The molecule has 0 atom stereocenters. The highest BCUT2D eigenvalue weighted by Crippen LogP contribution is 2.26. The first-order valence-corrected chi connectivity index (χ1v) is 8.93. The van der Waals surface area contributed by atoms with E-state index in [1.165, 1.54) is 16.7 Å². The van der Waals surface area contributed by atoms with E-state index in [1.54, 1.807) is 0 Å². The number of benzene rings is 1. The van der Waals surface area contributed by atoms with Gasteiger partial charge in [-0.15, -0.1) is 0 Å². The molecule has 2 aromatic heterocycles. The Morgan fingerprint density at radius 2 is 2.12 bits per heavy atom. The van der Waals surface area contributed by atoms with E-state index in [2.05, 4.69) is 40.6 Å². The zero-order valence-electron chi connectivity index (χ0n) is 14.5. The molecular weight excluding hydrogens is 332 g/mol. The van der Waals surface area contributed by atoms with Gasteiger partial charge in [-0.3, -0.25) is 9.88 Å². The molecule has 3 heterocycles. The minimum Gasteiger partial charge on any atom is -0.330 e. The van der Waals surface area contributed by atoms with E-state index in [0.29, 0.717) is 0 Å². The Morgan fingerprint density at radius 3 is 2.88 bits per heavy atom. The second-order valence-electron chi connectivity index (χ2n) is 6.63. The normalized spacial score (nSPS) is 15.6. The summed E-state index contributed by atoms with van der Waals surface area (Å²) in [5, 5.41) is 0.731. The van der Waals surface area contributed by atoms with Gasteiger partial charge in [0.2, 0.25) is 0 Å². The van der Waals surface area contributed by atoms with Gasteiger partial charge in [-0.1, -0.05) is 17.7 Å². The molecule has 0 radical (unpaired) electrons. The molecule has 0 unspecified atom stereocenters. The molecule has 0 saturated carbocycles. The molecule has 4 nitrogen and oxygen atoms in total. The van der Waals surface area contributed by atoms with Crippen molar-refractivity contribution < 1.29 is 0 Å². The molecule has 25 heavy (non-hydrogen) atoms. The lowest BCUT2D eigenvalue weighted by atomic mass is 9.97. The van der Waals surface area contributed by atoms with E-state index >= 15 is 0 Å². The monoisotopic (exact) mass is 352 g/mol. The fourth-order valence-corrected chi connectivity index (χ4v) is 3.63. The number of fused-ring (bicyclic) bond motifs is 1. The summed E-state index contributed by atoms with van der Waals surface area (Å²) in [6.45, 7) is 4.96. The molecule has 1 aliphatic heterocycles. The van der Waals surface area contributed by atoms with Gasteiger partial charge in [0.15, 0.2) is 0 Å². The van der Waals surface area contributed by atoms with Gasteiger partial charge in [0.05, 0.1) is 17.6 Å². The molecular formula is C20H21ClN4. The second kappa shape index (κ2) is 6.62. The topological polar surface area (TPSA) is 34.0 Å². The third-order valence-corrected chi connectivity index (χ3v) is 5.21. The number of nitrogens with zero attached hydrogens (tertiary/aromatic N) is 4. The molecule has 5 heteroatoms. The highest BCUT2D eigenvalue weighted by Gasteiger charge is 2.17. The Kier molecular flexibility index (Phi) is 4.32. The Bertz CT molecular complexity index is 957. The first kappa shape index (κ1) is 16.3. The largest absolute Gasteiger partial charge is 0.330 e. The van der Waals surface area contributed by atoms with Crippen molar-refractivity contribution in [1.29, 1.82) is 0 Å². The van der Waals surface area contributed by atoms with Gasteiger partial charge in [0, 0.05) is 37.6 Å². The molecule has 128 valence electrons. The van der Waals surface area contributed by atoms with Crippen LogP contribution in [0.1, 0.15) is 23.4 Å². The van der Waals surface area contributed by atoms with Crippen LogP contribution in [-0.4, -0.2) is 32.5 Å². The summed E-state index contributed by atoms with van der Waals surface area (Å²) in [6.07, 6.45) is 7.20. The maximum Gasteiger partial charge on any atom is 0.123 e. The molecule has 0 bridgehead atoms. The van der Waals surface area contributed by atoms with Gasteiger partial charge in [-0.2, -0.15) is 0 Å². The lowest BCUT2D eigenvalue weighted by Gasteiger charge is -2.26. The third kappa shape index (κ3) is 3.20. The van der Waals surface area contributed by atoms with Crippen LogP contribution in [0.2, 0.25) is 5.02 Å². The minimum atomic E-state index is 0.731. The van der Waals surface area contributed by atoms with E-state index in [0.717, 1.165) is 47.9 Å². The SMILES string of the molecule is Cc1ccncc1C1=CCN(Cc2nc3cc(Cl)ccc3n2C)CC1. The molecule has 1 aliphatic rings. The highest BCUT2D eigenvalue weighted by atomic mass is 35.5. The van der Waals surface area contributed by atoms with Gasteiger partial charge < -0.3 is 4.57 Å². The second-order valence-corrected chi connectivity index (χ2v) is 7.06. The predicted molar refractivity (Wildman–Crippen MR) is 103 cm³/mol. The summed E-state index contributed by atoms with van der Waals surface area (Å²) < 4.78 is 2.16. The van der Waals surface area contributed by atoms with Crippen LogP contribution in [0.4, 0.5) is 0 Å². The van der Waals surface area contributed by atoms with Crippen LogP contribution in [0.15, 0.2) is 42.7 Å². The van der Waals surface area contributed by atoms with Crippen LogP contribution in [0.3, 0.4) is 0 Å². The zero-order chi connectivity index (χ0) is 17.4. The van der Waals surface area contributed by atoms with Crippen LogP contribution < -0.4 is 0 Å². The van der Waals surface area contributed by atoms with Crippen molar-refractivity contribution in [3.8, 4) is 0 Å². The van der Waals surface area contributed by atoms with Crippen LogP contribution in [-0.2, 0) is 13.6 Å². The summed E-state index contributed by atoms with van der Waals surface area (Å²) >= 11 is 6.09. The van der Waals surface area contributed by atoms with E-state index in [-0.39, 0.29) is 0 Å².